The first-order chi connectivity index (χ1) is 7.48. The van der Waals surface area contributed by atoms with Gasteiger partial charge in [0.25, 0.3) is 0 Å². The molecule has 2 aliphatic heterocycles. The van der Waals surface area contributed by atoms with Gasteiger partial charge in [0.1, 0.15) is 0 Å². The average Bonchev–Trinajstić information content (AvgIpc) is 2.58. The van der Waals surface area contributed by atoms with E-state index in [1.807, 2.05) is 6.92 Å². The van der Waals surface area contributed by atoms with Crippen molar-refractivity contribution < 1.29 is 13.2 Å². The maximum absolute atomic E-state index is 12.1. The first kappa shape index (κ1) is 11.9. The number of carbonyl (C=O) groups excluding carboxylic acids is 1. The summed E-state index contributed by atoms with van der Waals surface area (Å²) in [4.78, 5) is 13.9. The van der Waals surface area contributed by atoms with E-state index in [1.54, 1.807) is 4.90 Å². The maximum Gasteiger partial charge on any atom is 0.226 e. The Hall–Kier alpha value is -0.620. The maximum atomic E-state index is 12.1. The van der Waals surface area contributed by atoms with Gasteiger partial charge in [-0.1, -0.05) is 0 Å². The molecule has 2 saturated heterocycles. The molecule has 2 atom stereocenters. The summed E-state index contributed by atoms with van der Waals surface area (Å²) in [6.07, 6.45) is 0.499. The summed E-state index contributed by atoms with van der Waals surface area (Å²) in [5.41, 5.74) is 0. The fraction of sp³-hybridized carbons (Fsp3) is 0.900. The van der Waals surface area contributed by atoms with Crippen LogP contribution in [0.2, 0.25) is 0 Å². The number of hydrogen-bond acceptors (Lipinski definition) is 4. The van der Waals surface area contributed by atoms with Crippen molar-refractivity contribution in [3.63, 3.8) is 0 Å². The molecular formula is C10H18N2O3S. The molecule has 2 heterocycles. The number of nitrogens with zero attached hydrogens (tertiary/aromatic N) is 1. The quantitative estimate of drug-likeness (QED) is 0.660. The Morgan fingerprint density at radius 2 is 2.19 bits per heavy atom. The van der Waals surface area contributed by atoms with Gasteiger partial charge < -0.3 is 10.2 Å². The zero-order valence-corrected chi connectivity index (χ0v) is 10.3. The molecule has 6 heteroatoms. The molecule has 0 bridgehead atoms. The summed E-state index contributed by atoms with van der Waals surface area (Å²) in [6, 6.07) is 0.302. The van der Waals surface area contributed by atoms with Gasteiger partial charge in [-0.15, -0.1) is 0 Å². The van der Waals surface area contributed by atoms with E-state index >= 15 is 0 Å². The van der Waals surface area contributed by atoms with E-state index in [2.05, 4.69) is 5.32 Å². The summed E-state index contributed by atoms with van der Waals surface area (Å²) in [6.45, 7) is 4.21. The van der Waals surface area contributed by atoms with Crippen molar-refractivity contribution in [2.45, 2.75) is 19.4 Å². The normalized spacial score (nSPS) is 33.9. The van der Waals surface area contributed by atoms with Gasteiger partial charge in [0, 0.05) is 25.7 Å². The van der Waals surface area contributed by atoms with Gasteiger partial charge in [-0.2, -0.15) is 0 Å². The van der Waals surface area contributed by atoms with Crippen LogP contribution >= 0.6 is 0 Å². The van der Waals surface area contributed by atoms with Crippen molar-refractivity contribution in [3.8, 4) is 0 Å². The summed E-state index contributed by atoms with van der Waals surface area (Å²) in [5.74, 6) is -0.0559. The van der Waals surface area contributed by atoms with Gasteiger partial charge in [0.2, 0.25) is 5.91 Å². The Morgan fingerprint density at radius 1 is 1.44 bits per heavy atom. The molecule has 0 aromatic carbocycles. The van der Waals surface area contributed by atoms with E-state index in [4.69, 9.17) is 0 Å². The lowest BCUT2D eigenvalue weighted by molar-refractivity contribution is -0.135. The summed E-state index contributed by atoms with van der Waals surface area (Å²) in [5, 5.41) is 3.26. The van der Waals surface area contributed by atoms with Gasteiger partial charge in [-0.3, -0.25) is 4.79 Å². The minimum absolute atomic E-state index is 0.0226. The van der Waals surface area contributed by atoms with E-state index in [0.717, 1.165) is 6.54 Å². The first-order valence-corrected chi connectivity index (χ1v) is 7.53. The number of nitrogens with one attached hydrogen (secondary N) is 1. The fourth-order valence-corrected chi connectivity index (χ4v) is 4.11. The minimum atomic E-state index is -2.96. The highest BCUT2D eigenvalue weighted by atomic mass is 32.2. The topological polar surface area (TPSA) is 66.5 Å². The predicted octanol–water partition coefficient (Wildman–Crippen LogP) is -0.759. The Balaban J connectivity index is 1.97. The van der Waals surface area contributed by atoms with Crippen LogP contribution in [0.15, 0.2) is 0 Å². The third-order valence-corrected chi connectivity index (χ3v) is 5.03. The van der Waals surface area contributed by atoms with Crippen LogP contribution in [-0.4, -0.2) is 56.4 Å². The van der Waals surface area contributed by atoms with Gasteiger partial charge >= 0.3 is 0 Å². The molecule has 2 rings (SSSR count). The van der Waals surface area contributed by atoms with E-state index < -0.39 is 9.84 Å². The summed E-state index contributed by atoms with van der Waals surface area (Å²) < 4.78 is 22.6. The number of sulfone groups is 1. The lowest BCUT2D eigenvalue weighted by Gasteiger charge is -2.33. The smallest absolute Gasteiger partial charge is 0.226 e. The second-order valence-electron chi connectivity index (χ2n) is 4.74. The molecule has 0 aliphatic carbocycles. The standard InChI is InChI=1S/C10H18N2O3S/c1-8-6-12(4-3-11-8)10(13)9-2-5-16(14,15)7-9/h8-9,11H,2-7H2,1H3/t8-,9?/m1/s1. The molecule has 1 N–H and O–H groups in total. The van der Waals surface area contributed by atoms with Crippen LogP contribution < -0.4 is 5.32 Å². The summed E-state index contributed by atoms with van der Waals surface area (Å²) >= 11 is 0. The Labute approximate surface area is 96.1 Å². The predicted molar refractivity (Wildman–Crippen MR) is 60.8 cm³/mol. The first-order valence-electron chi connectivity index (χ1n) is 5.70. The zero-order valence-electron chi connectivity index (χ0n) is 9.48. The van der Waals surface area contributed by atoms with Crippen LogP contribution in [0, 0.1) is 5.92 Å². The van der Waals surface area contributed by atoms with Crippen molar-refractivity contribution in [3.05, 3.63) is 0 Å². The van der Waals surface area contributed by atoms with Crippen LogP contribution in [0.3, 0.4) is 0 Å². The van der Waals surface area contributed by atoms with Crippen molar-refractivity contribution in [1.29, 1.82) is 0 Å². The number of amides is 1. The van der Waals surface area contributed by atoms with E-state index in [1.165, 1.54) is 0 Å². The SMILES string of the molecule is C[C@@H]1CN(C(=O)C2CCS(=O)(=O)C2)CCN1. The van der Waals surface area contributed by atoms with E-state index in [0.29, 0.717) is 25.6 Å². The number of rotatable bonds is 1. The zero-order chi connectivity index (χ0) is 11.8. The number of piperazine rings is 1. The van der Waals surface area contributed by atoms with Crippen LogP contribution in [0.25, 0.3) is 0 Å². The molecule has 2 fully saturated rings. The van der Waals surface area contributed by atoms with Crippen molar-refractivity contribution >= 4 is 15.7 Å². The van der Waals surface area contributed by atoms with Crippen molar-refractivity contribution in [2.24, 2.45) is 5.92 Å². The highest BCUT2D eigenvalue weighted by Gasteiger charge is 2.36. The number of carbonyl (C=O) groups is 1. The largest absolute Gasteiger partial charge is 0.340 e. The molecule has 2 aliphatic rings. The average molecular weight is 246 g/mol. The van der Waals surface area contributed by atoms with Gasteiger partial charge in [-0.05, 0) is 13.3 Å². The van der Waals surface area contributed by atoms with Crippen LogP contribution in [0.5, 0.6) is 0 Å². The Bertz CT molecular complexity index is 380. The molecule has 92 valence electrons. The lowest BCUT2D eigenvalue weighted by atomic mass is 10.1. The van der Waals surface area contributed by atoms with Crippen molar-refractivity contribution in [2.75, 3.05) is 31.1 Å². The van der Waals surface area contributed by atoms with Crippen LogP contribution in [-0.2, 0) is 14.6 Å². The fourth-order valence-electron chi connectivity index (χ4n) is 2.38. The molecule has 1 amide bonds. The third-order valence-electron chi connectivity index (χ3n) is 3.26. The lowest BCUT2D eigenvalue weighted by Crippen LogP contribution is -2.52. The van der Waals surface area contributed by atoms with Crippen molar-refractivity contribution in [1.82, 2.24) is 10.2 Å². The molecule has 5 nitrogen and oxygen atoms in total. The Kier molecular flexibility index (Phi) is 3.21. The van der Waals surface area contributed by atoms with Crippen LogP contribution in [0.1, 0.15) is 13.3 Å². The highest BCUT2D eigenvalue weighted by molar-refractivity contribution is 7.91. The second-order valence-corrected chi connectivity index (χ2v) is 6.97. The number of hydrogen-bond donors (Lipinski definition) is 1. The molecule has 0 aromatic heterocycles. The molecular weight excluding hydrogens is 228 g/mol. The minimum Gasteiger partial charge on any atom is -0.340 e. The summed E-state index contributed by atoms with van der Waals surface area (Å²) in [7, 11) is -2.96. The van der Waals surface area contributed by atoms with E-state index in [-0.39, 0.29) is 23.3 Å². The van der Waals surface area contributed by atoms with Crippen LogP contribution in [0.4, 0.5) is 0 Å². The molecule has 16 heavy (non-hydrogen) atoms. The molecule has 0 spiro atoms. The molecule has 0 radical (unpaired) electrons. The third kappa shape index (κ3) is 2.55. The Morgan fingerprint density at radius 3 is 2.75 bits per heavy atom. The molecule has 1 unspecified atom stereocenters. The molecule has 0 saturated carbocycles. The monoisotopic (exact) mass is 246 g/mol. The molecule has 0 aromatic rings. The van der Waals surface area contributed by atoms with Gasteiger partial charge in [-0.25, -0.2) is 8.42 Å². The highest BCUT2D eigenvalue weighted by Crippen LogP contribution is 2.21. The van der Waals surface area contributed by atoms with E-state index in [9.17, 15) is 13.2 Å². The second kappa shape index (κ2) is 4.33. The van der Waals surface area contributed by atoms with Gasteiger partial charge in [0.15, 0.2) is 9.84 Å². The van der Waals surface area contributed by atoms with Gasteiger partial charge in [0.05, 0.1) is 17.4 Å².